The van der Waals surface area contributed by atoms with Gasteiger partial charge in [0.1, 0.15) is 0 Å². The van der Waals surface area contributed by atoms with Gasteiger partial charge in [0.2, 0.25) is 0 Å². The van der Waals surface area contributed by atoms with Gasteiger partial charge in [0.25, 0.3) is 5.69 Å². The highest BCUT2D eigenvalue weighted by atomic mass is 35.5. The molecule has 0 amide bonds. The summed E-state index contributed by atoms with van der Waals surface area (Å²) in [4.78, 5) is 10.5. The highest BCUT2D eigenvalue weighted by Crippen LogP contribution is 2.25. The van der Waals surface area contributed by atoms with Crippen LogP contribution < -0.4 is 5.32 Å². The van der Waals surface area contributed by atoms with E-state index in [0.29, 0.717) is 23.7 Å². The molecule has 6 heteroatoms. The minimum absolute atomic E-state index is 0.0920. The van der Waals surface area contributed by atoms with Crippen molar-refractivity contribution in [1.29, 1.82) is 0 Å². The van der Waals surface area contributed by atoms with E-state index in [1.807, 2.05) is 0 Å². The van der Waals surface area contributed by atoms with Crippen molar-refractivity contribution >= 4 is 17.3 Å². The van der Waals surface area contributed by atoms with Crippen molar-refractivity contribution in [1.82, 2.24) is 5.32 Å². The van der Waals surface area contributed by atoms with Crippen molar-refractivity contribution in [2.75, 3.05) is 13.2 Å². The van der Waals surface area contributed by atoms with E-state index in [0.717, 1.165) is 19.4 Å². The fourth-order valence-electron chi connectivity index (χ4n) is 2.31. The number of rotatable bonds is 5. The lowest BCUT2D eigenvalue weighted by atomic mass is 10.0. The van der Waals surface area contributed by atoms with E-state index in [1.54, 1.807) is 6.07 Å². The first kappa shape index (κ1) is 14.2. The number of nitrogens with one attached hydrogen (secondary N) is 1. The van der Waals surface area contributed by atoms with E-state index in [9.17, 15) is 10.1 Å². The molecule has 1 aromatic rings. The van der Waals surface area contributed by atoms with E-state index in [4.69, 9.17) is 16.3 Å². The van der Waals surface area contributed by atoms with Gasteiger partial charge in [-0.1, -0.05) is 11.6 Å². The number of ether oxygens (including phenoxy) is 1. The standard InChI is InChI=1S/C13H17ClN2O3/c1-13(5-2-6-19-13)9-15-8-10-7-11(14)3-4-12(10)16(17)18/h3-4,7,15H,2,5-6,8-9H2,1H3. The lowest BCUT2D eigenvalue weighted by Crippen LogP contribution is -2.36. The van der Waals surface area contributed by atoms with Gasteiger partial charge in [-0.25, -0.2) is 0 Å². The van der Waals surface area contributed by atoms with Gasteiger partial charge in [0.05, 0.1) is 10.5 Å². The van der Waals surface area contributed by atoms with Gasteiger partial charge in [-0.05, 0) is 31.9 Å². The summed E-state index contributed by atoms with van der Waals surface area (Å²) < 4.78 is 5.66. The van der Waals surface area contributed by atoms with Gasteiger partial charge >= 0.3 is 0 Å². The van der Waals surface area contributed by atoms with E-state index in [-0.39, 0.29) is 16.2 Å². The van der Waals surface area contributed by atoms with Crippen molar-refractivity contribution in [2.45, 2.75) is 31.9 Å². The molecule has 5 nitrogen and oxygen atoms in total. The minimum atomic E-state index is -0.388. The molecular weight excluding hydrogens is 268 g/mol. The van der Waals surface area contributed by atoms with Crippen molar-refractivity contribution < 1.29 is 9.66 Å². The molecule has 0 bridgehead atoms. The molecule has 1 atom stereocenters. The fourth-order valence-corrected chi connectivity index (χ4v) is 2.51. The molecule has 0 radical (unpaired) electrons. The second-order valence-electron chi connectivity index (χ2n) is 5.04. The molecule has 104 valence electrons. The summed E-state index contributed by atoms with van der Waals surface area (Å²) in [6.07, 6.45) is 2.08. The smallest absolute Gasteiger partial charge is 0.273 e. The number of nitro benzene ring substituents is 1. The zero-order valence-corrected chi connectivity index (χ0v) is 11.6. The van der Waals surface area contributed by atoms with E-state index in [1.165, 1.54) is 12.1 Å². The average molecular weight is 285 g/mol. The number of halogens is 1. The van der Waals surface area contributed by atoms with Gasteiger partial charge in [-0.15, -0.1) is 0 Å². The number of nitro groups is 1. The monoisotopic (exact) mass is 284 g/mol. The number of benzene rings is 1. The van der Waals surface area contributed by atoms with Crippen LogP contribution >= 0.6 is 11.6 Å². The predicted octanol–water partition coefficient (Wildman–Crippen LogP) is 2.91. The summed E-state index contributed by atoms with van der Waals surface area (Å²) in [6, 6.07) is 4.60. The molecule has 2 rings (SSSR count). The fraction of sp³-hybridized carbons (Fsp3) is 0.538. The lowest BCUT2D eigenvalue weighted by Gasteiger charge is -2.23. The van der Waals surface area contributed by atoms with Gasteiger partial charge in [0, 0.05) is 36.3 Å². The summed E-state index contributed by atoms with van der Waals surface area (Å²) in [7, 11) is 0. The second-order valence-corrected chi connectivity index (χ2v) is 5.47. The van der Waals surface area contributed by atoms with Crippen LogP contribution in [-0.2, 0) is 11.3 Å². The maximum Gasteiger partial charge on any atom is 0.273 e. The normalized spacial score (nSPS) is 22.6. The third-order valence-corrected chi connectivity index (χ3v) is 3.59. The Balaban J connectivity index is 1.98. The summed E-state index contributed by atoms with van der Waals surface area (Å²) >= 11 is 5.88. The van der Waals surface area contributed by atoms with Crippen LogP contribution in [0.25, 0.3) is 0 Å². The molecule has 1 aromatic carbocycles. The Labute approximate surface area is 117 Å². The molecular formula is C13H17ClN2O3. The maximum absolute atomic E-state index is 10.9. The first-order valence-electron chi connectivity index (χ1n) is 6.28. The van der Waals surface area contributed by atoms with Gasteiger partial charge in [-0.3, -0.25) is 10.1 Å². The molecule has 0 aliphatic carbocycles. The largest absolute Gasteiger partial charge is 0.374 e. The van der Waals surface area contributed by atoms with E-state index in [2.05, 4.69) is 12.2 Å². The quantitative estimate of drug-likeness (QED) is 0.667. The summed E-state index contributed by atoms with van der Waals surface area (Å²) in [5.74, 6) is 0. The molecule has 1 aliphatic heterocycles. The number of hydrogen-bond donors (Lipinski definition) is 1. The Morgan fingerprint density at radius 3 is 3.00 bits per heavy atom. The zero-order valence-electron chi connectivity index (χ0n) is 10.8. The molecule has 0 saturated carbocycles. The molecule has 1 N–H and O–H groups in total. The van der Waals surface area contributed by atoms with Crippen LogP contribution in [0.1, 0.15) is 25.3 Å². The van der Waals surface area contributed by atoms with Crippen molar-refractivity contribution in [2.24, 2.45) is 0 Å². The van der Waals surface area contributed by atoms with Gasteiger partial charge < -0.3 is 10.1 Å². The molecule has 1 saturated heterocycles. The molecule has 19 heavy (non-hydrogen) atoms. The zero-order chi connectivity index (χ0) is 13.9. The Bertz CT molecular complexity index is 473. The lowest BCUT2D eigenvalue weighted by molar-refractivity contribution is -0.385. The first-order chi connectivity index (χ1) is 9.00. The molecule has 1 aliphatic rings. The number of nitrogens with zero attached hydrogens (tertiary/aromatic N) is 1. The summed E-state index contributed by atoms with van der Waals surface area (Å²) in [5.41, 5.74) is 0.529. The third kappa shape index (κ3) is 3.65. The van der Waals surface area contributed by atoms with Crippen molar-refractivity contribution in [3.05, 3.63) is 38.9 Å². The molecule has 0 spiro atoms. The molecule has 1 heterocycles. The Hall–Kier alpha value is -1.17. The number of hydrogen-bond acceptors (Lipinski definition) is 4. The summed E-state index contributed by atoms with van der Waals surface area (Å²) in [5, 5.41) is 14.6. The molecule has 1 fully saturated rings. The van der Waals surface area contributed by atoms with Crippen LogP contribution in [0.4, 0.5) is 5.69 Å². The molecule has 1 unspecified atom stereocenters. The van der Waals surface area contributed by atoms with Crippen molar-refractivity contribution in [3.63, 3.8) is 0 Å². The molecule has 0 aromatic heterocycles. The highest BCUT2D eigenvalue weighted by Gasteiger charge is 2.29. The Morgan fingerprint density at radius 1 is 1.58 bits per heavy atom. The third-order valence-electron chi connectivity index (χ3n) is 3.35. The average Bonchev–Trinajstić information content (AvgIpc) is 2.76. The van der Waals surface area contributed by atoms with Crippen LogP contribution in [0.15, 0.2) is 18.2 Å². The van der Waals surface area contributed by atoms with E-state index < -0.39 is 0 Å². The first-order valence-corrected chi connectivity index (χ1v) is 6.65. The van der Waals surface area contributed by atoms with Gasteiger partial charge in [-0.2, -0.15) is 0 Å². The van der Waals surface area contributed by atoms with Crippen LogP contribution in [0.3, 0.4) is 0 Å². The minimum Gasteiger partial charge on any atom is -0.374 e. The van der Waals surface area contributed by atoms with Crippen LogP contribution in [0.5, 0.6) is 0 Å². The second kappa shape index (κ2) is 5.86. The highest BCUT2D eigenvalue weighted by molar-refractivity contribution is 6.30. The maximum atomic E-state index is 10.9. The predicted molar refractivity (Wildman–Crippen MR) is 73.4 cm³/mol. The Kier molecular flexibility index (Phi) is 4.39. The van der Waals surface area contributed by atoms with Crippen LogP contribution in [0.2, 0.25) is 5.02 Å². The van der Waals surface area contributed by atoms with E-state index >= 15 is 0 Å². The Morgan fingerprint density at radius 2 is 2.37 bits per heavy atom. The topological polar surface area (TPSA) is 64.4 Å². The van der Waals surface area contributed by atoms with Crippen molar-refractivity contribution in [3.8, 4) is 0 Å². The van der Waals surface area contributed by atoms with Gasteiger partial charge in [0.15, 0.2) is 0 Å². The van der Waals surface area contributed by atoms with Crippen LogP contribution in [0, 0.1) is 10.1 Å². The summed E-state index contributed by atoms with van der Waals surface area (Å²) in [6.45, 7) is 3.93. The SMILES string of the molecule is CC1(CNCc2cc(Cl)ccc2[N+](=O)[O-])CCCO1. The van der Waals surface area contributed by atoms with Crippen LogP contribution in [-0.4, -0.2) is 23.7 Å².